The van der Waals surface area contributed by atoms with Gasteiger partial charge in [0.15, 0.2) is 0 Å². The van der Waals surface area contributed by atoms with E-state index in [0.717, 1.165) is 36.9 Å². The molecule has 2 fully saturated rings. The van der Waals surface area contributed by atoms with E-state index >= 15 is 0 Å². The molecule has 2 aliphatic rings. The lowest BCUT2D eigenvalue weighted by Gasteiger charge is -2.18. The second-order valence-corrected chi connectivity index (χ2v) is 11.0. The molecule has 0 atom stereocenters. The Hall–Kier alpha value is -2.91. The van der Waals surface area contributed by atoms with Crippen LogP contribution < -0.4 is 10.1 Å². The minimum atomic E-state index is -3.54. The molecule has 2 aliphatic heterocycles. The van der Waals surface area contributed by atoms with Crippen molar-refractivity contribution in [2.24, 2.45) is 0 Å². The molecule has 188 valence electrons. The summed E-state index contributed by atoms with van der Waals surface area (Å²) in [6.07, 6.45) is 3.81. The zero-order chi connectivity index (χ0) is 24.8. The molecule has 8 nitrogen and oxygen atoms in total. The maximum Gasteiger partial charge on any atom is 0.243 e. The lowest BCUT2D eigenvalue weighted by Crippen LogP contribution is -2.28. The number of methoxy groups -OCH3 is 1. The molecule has 0 unspecified atom stereocenters. The minimum absolute atomic E-state index is 0.132. The van der Waals surface area contributed by atoms with Crippen molar-refractivity contribution >= 4 is 21.8 Å². The number of nitrogens with one attached hydrogen (secondary N) is 1. The van der Waals surface area contributed by atoms with Gasteiger partial charge in [0.1, 0.15) is 5.75 Å². The molecule has 0 aliphatic carbocycles. The number of amides is 2. The summed E-state index contributed by atoms with van der Waals surface area (Å²) >= 11 is 0. The maximum absolute atomic E-state index is 12.9. The summed E-state index contributed by atoms with van der Waals surface area (Å²) in [5, 5.41) is 2.96. The number of aryl methyl sites for hydroxylation is 1. The van der Waals surface area contributed by atoms with Crippen LogP contribution in [0.25, 0.3) is 0 Å². The molecular formula is C26H33N3O5S. The lowest BCUT2D eigenvalue weighted by atomic mass is 10.1. The number of benzene rings is 2. The fourth-order valence-electron chi connectivity index (χ4n) is 4.68. The summed E-state index contributed by atoms with van der Waals surface area (Å²) in [6, 6.07) is 12.7. The van der Waals surface area contributed by atoms with Crippen LogP contribution in [-0.2, 0) is 39.1 Å². The number of likely N-dealkylation sites (tertiary alicyclic amines) is 1. The Kier molecular flexibility index (Phi) is 8.07. The number of carbonyl (C=O) groups is 2. The third kappa shape index (κ3) is 6.02. The van der Waals surface area contributed by atoms with Crippen LogP contribution in [-0.4, -0.2) is 56.2 Å². The van der Waals surface area contributed by atoms with Crippen molar-refractivity contribution < 1.29 is 22.7 Å². The second kappa shape index (κ2) is 11.2. The van der Waals surface area contributed by atoms with Crippen molar-refractivity contribution in [3.05, 3.63) is 59.2 Å². The van der Waals surface area contributed by atoms with Crippen LogP contribution in [0.15, 0.2) is 47.4 Å². The largest absolute Gasteiger partial charge is 0.496 e. The van der Waals surface area contributed by atoms with Crippen molar-refractivity contribution in [3.8, 4) is 5.75 Å². The van der Waals surface area contributed by atoms with Gasteiger partial charge < -0.3 is 15.0 Å². The first-order valence-electron chi connectivity index (χ1n) is 12.2. The van der Waals surface area contributed by atoms with Gasteiger partial charge in [-0.05, 0) is 60.6 Å². The lowest BCUT2D eigenvalue weighted by molar-refractivity contribution is -0.128. The highest BCUT2D eigenvalue weighted by Crippen LogP contribution is 2.27. The molecule has 2 saturated heterocycles. The first-order valence-corrected chi connectivity index (χ1v) is 13.6. The van der Waals surface area contributed by atoms with E-state index in [1.165, 1.54) is 11.4 Å². The van der Waals surface area contributed by atoms with Crippen LogP contribution in [0.1, 0.15) is 48.8 Å². The van der Waals surface area contributed by atoms with E-state index in [0.29, 0.717) is 50.3 Å². The van der Waals surface area contributed by atoms with Gasteiger partial charge in [0, 0.05) is 45.6 Å². The second-order valence-electron chi connectivity index (χ2n) is 9.05. The summed E-state index contributed by atoms with van der Waals surface area (Å²) in [5.41, 5.74) is 2.71. The van der Waals surface area contributed by atoms with Crippen molar-refractivity contribution in [1.29, 1.82) is 0 Å². The van der Waals surface area contributed by atoms with Gasteiger partial charge in [-0.25, -0.2) is 8.42 Å². The Bertz CT molecular complexity index is 1180. The van der Waals surface area contributed by atoms with Crippen LogP contribution in [0.5, 0.6) is 5.75 Å². The van der Waals surface area contributed by atoms with Crippen LogP contribution in [0.4, 0.5) is 0 Å². The molecule has 2 aromatic rings. The average molecular weight is 500 g/mol. The van der Waals surface area contributed by atoms with E-state index in [2.05, 4.69) is 5.32 Å². The Morgan fingerprint density at radius 3 is 2.43 bits per heavy atom. The summed E-state index contributed by atoms with van der Waals surface area (Å²) in [5.74, 6) is 0.609. The van der Waals surface area contributed by atoms with Gasteiger partial charge in [0.05, 0.1) is 12.0 Å². The molecule has 0 radical (unpaired) electrons. The molecular weight excluding hydrogens is 466 g/mol. The third-order valence-electron chi connectivity index (χ3n) is 6.70. The monoisotopic (exact) mass is 499 g/mol. The van der Waals surface area contributed by atoms with Crippen molar-refractivity contribution in [1.82, 2.24) is 14.5 Å². The van der Waals surface area contributed by atoms with Gasteiger partial charge >= 0.3 is 0 Å². The highest BCUT2D eigenvalue weighted by Gasteiger charge is 2.28. The fourth-order valence-corrected chi connectivity index (χ4v) is 6.25. The van der Waals surface area contributed by atoms with Crippen LogP contribution in [0.2, 0.25) is 0 Å². The van der Waals surface area contributed by atoms with Crippen molar-refractivity contribution in [2.75, 3.05) is 26.7 Å². The Balaban J connectivity index is 1.37. The number of hydrogen-bond donors (Lipinski definition) is 1. The SMILES string of the molecule is COc1ccc(S(=O)(=O)N2CCCC2)cc1CCC(=O)NCc1ccccc1CN1CCCC1=O. The normalized spacial score (nSPS) is 16.6. The molecule has 0 bridgehead atoms. The molecule has 35 heavy (non-hydrogen) atoms. The third-order valence-corrected chi connectivity index (χ3v) is 8.60. The number of sulfonamides is 1. The molecule has 0 aromatic heterocycles. The zero-order valence-corrected chi connectivity index (χ0v) is 21.0. The highest BCUT2D eigenvalue weighted by atomic mass is 32.2. The topological polar surface area (TPSA) is 96.0 Å². The minimum Gasteiger partial charge on any atom is -0.496 e. The molecule has 4 rings (SSSR count). The summed E-state index contributed by atoms with van der Waals surface area (Å²) in [4.78, 5) is 26.7. The summed E-state index contributed by atoms with van der Waals surface area (Å²) < 4.78 is 32.8. The predicted molar refractivity (Wildman–Crippen MR) is 132 cm³/mol. The van der Waals surface area contributed by atoms with Gasteiger partial charge in [-0.2, -0.15) is 4.31 Å². The first-order chi connectivity index (χ1) is 16.9. The van der Waals surface area contributed by atoms with Crippen molar-refractivity contribution in [3.63, 3.8) is 0 Å². The Morgan fingerprint density at radius 2 is 1.74 bits per heavy atom. The van der Waals surface area contributed by atoms with Crippen LogP contribution >= 0.6 is 0 Å². The summed E-state index contributed by atoms with van der Waals surface area (Å²) in [7, 11) is -2.00. The van der Waals surface area contributed by atoms with E-state index < -0.39 is 10.0 Å². The number of nitrogens with zero attached hydrogens (tertiary/aromatic N) is 2. The standard InChI is InChI=1S/C26H33N3O5S/c1-34-24-12-11-23(35(32,33)29-15-4-5-16-29)17-20(24)10-13-25(30)27-18-21-7-2-3-8-22(21)19-28-14-6-9-26(28)31/h2-3,7-8,11-12,17H,4-6,9-10,13-16,18-19H2,1H3,(H,27,30). The smallest absolute Gasteiger partial charge is 0.243 e. The number of carbonyl (C=O) groups excluding carboxylic acids is 2. The van der Waals surface area contributed by atoms with E-state index in [-0.39, 0.29) is 23.1 Å². The summed E-state index contributed by atoms with van der Waals surface area (Å²) in [6.45, 7) is 2.78. The number of ether oxygens (including phenoxy) is 1. The zero-order valence-electron chi connectivity index (χ0n) is 20.2. The van der Waals surface area contributed by atoms with Gasteiger partial charge in [0.25, 0.3) is 0 Å². The molecule has 2 amide bonds. The average Bonchev–Trinajstić information content (AvgIpc) is 3.55. The fraction of sp³-hybridized carbons (Fsp3) is 0.462. The van der Waals surface area contributed by atoms with Gasteiger partial charge in [-0.15, -0.1) is 0 Å². The van der Waals surface area contributed by atoms with Crippen molar-refractivity contribution in [2.45, 2.75) is 56.5 Å². The molecule has 9 heteroatoms. The Labute approximate surface area is 207 Å². The van der Waals surface area contributed by atoms with Gasteiger partial charge in [-0.1, -0.05) is 24.3 Å². The molecule has 2 heterocycles. The Morgan fingerprint density at radius 1 is 1.00 bits per heavy atom. The number of rotatable bonds is 10. The van der Waals surface area contributed by atoms with E-state index in [4.69, 9.17) is 4.74 Å². The molecule has 1 N–H and O–H groups in total. The predicted octanol–water partition coefficient (Wildman–Crippen LogP) is 2.85. The number of hydrogen-bond acceptors (Lipinski definition) is 5. The first kappa shape index (κ1) is 25.2. The van der Waals surface area contributed by atoms with Crippen LogP contribution in [0.3, 0.4) is 0 Å². The molecule has 0 saturated carbocycles. The van der Waals surface area contributed by atoms with E-state index in [1.54, 1.807) is 18.2 Å². The van der Waals surface area contributed by atoms with E-state index in [1.807, 2.05) is 29.2 Å². The maximum atomic E-state index is 12.9. The quantitative estimate of drug-likeness (QED) is 0.542. The highest BCUT2D eigenvalue weighted by molar-refractivity contribution is 7.89. The van der Waals surface area contributed by atoms with Gasteiger partial charge in [0.2, 0.25) is 21.8 Å². The van der Waals surface area contributed by atoms with Gasteiger partial charge in [-0.3, -0.25) is 9.59 Å². The van der Waals surface area contributed by atoms with Crippen LogP contribution in [0, 0.1) is 0 Å². The molecule has 2 aromatic carbocycles. The van der Waals surface area contributed by atoms with E-state index in [9.17, 15) is 18.0 Å². The molecule has 0 spiro atoms.